The second-order valence-corrected chi connectivity index (χ2v) is 9.98. The molecule has 0 fully saturated rings. The molecule has 2 heterocycles. The highest BCUT2D eigenvalue weighted by atomic mass is 32.1. The van der Waals surface area contributed by atoms with E-state index in [0.717, 1.165) is 28.2 Å². The maximum absolute atomic E-state index is 13.3. The number of benzene rings is 1. The van der Waals surface area contributed by atoms with Crippen LogP contribution in [0.25, 0.3) is 11.6 Å². The lowest BCUT2D eigenvalue weighted by Gasteiger charge is -2.05. The van der Waals surface area contributed by atoms with Crippen molar-refractivity contribution in [1.29, 1.82) is 5.26 Å². The third kappa shape index (κ3) is 6.17. The Kier molecular flexibility index (Phi) is 8.95. The number of carbonyl (C=O) groups is 1. The number of ketones is 1. The molecule has 3 aromatic rings. The first-order valence-electron chi connectivity index (χ1n) is 11.1. The van der Waals surface area contributed by atoms with Crippen LogP contribution in [0.5, 0.6) is 0 Å². The summed E-state index contributed by atoms with van der Waals surface area (Å²) in [6, 6.07) is 13.4. The van der Waals surface area contributed by atoms with Crippen LogP contribution in [0.3, 0.4) is 0 Å². The van der Waals surface area contributed by atoms with Crippen molar-refractivity contribution in [3.05, 3.63) is 76.8 Å². The van der Waals surface area contributed by atoms with Crippen LogP contribution in [-0.4, -0.2) is 23.6 Å². The summed E-state index contributed by atoms with van der Waals surface area (Å²) in [5.74, 6) is -0.362. The number of thiophene rings is 1. The fraction of sp³-hybridized carbons (Fsp3) is 0.346. The Labute approximate surface area is 201 Å². The molecule has 7 heteroatoms. The number of carbonyl (C=O) groups excluding carboxylic acids is 1. The number of nitrogens with zero attached hydrogens (tertiary/aromatic N) is 2. The number of aromatic nitrogens is 1. The Balaban J connectivity index is 2.12. The number of nitriles is 1. The van der Waals surface area contributed by atoms with Crippen molar-refractivity contribution in [2.45, 2.75) is 46.6 Å². The molecule has 0 N–H and O–H groups in total. The molecule has 0 aliphatic rings. The summed E-state index contributed by atoms with van der Waals surface area (Å²) in [6.07, 6.45) is 4.42. The predicted molar refractivity (Wildman–Crippen MR) is 135 cm³/mol. The quantitative estimate of drug-likeness (QED) is 0.324. The number of rotatable bonds is 10. The van der Waals surface area contributed by atoms with E-state index in [2.05, 4.69) is 13.0 Å². The Morgan fingerprint density at radius 2 is 1.91 bits per heavy atom. The molecular weight excluding hydrogens is 452 g/mol. The Morgan fingerprint density at radius 3 is 2.52 bits per heavy atom. The fourth-order valence-corrected chi connectivity index (χ4v) is 5.50. The SMILES string of the molecule is CCCc1ccc(C(=O)/C(C#N)=c2\s/c(=C\c3ccc(C)s3)c(=O)n2CCCOCC)cc1. The van der Waals surface area contributed by atoms with Crippen molar-refractivity contribution in [1.82, 2.24) is 4.57 Å². The fourth-order valence-electron chi connectivity index (χ4n) is 3.49. The van der Waals surface area contributed by atoms with Crippen molar-refractivity contribution < 1.29 is 9.53 Å². The highest BCUT2D eigenvalue weighted by molar-refractivity contribution is 7.13. The molecule has 5 nitrogen and oxygen atoms in total. The number of thiazole rings is 1. The normalized spacial score (nSPS) is 12.6. The maximum Gasteiger partial charge on any atom is 0.269 e. The highest BCUT2D eigenvalue weighted by Gasteiger charge is 2.18. The number of Topliss-reactive ketones (excluding diaryl/α,β-unsaturated/α-hetero) is 1. The number of aryl methyl sites for hydroxylation is 2. The van der Waals surface area contributed by atoms with Crippen LogP contribution in [0.4, 0.5) is 0 Å². The molecule has 1 aromatic carbocycles. The predicted octanol–water partition coefficient (Wildman–Crippen LogP) is 4.04. The van der Waals surface area contributed by atoms with E-state index in [1.807, 2.05) is 44.2 Å². The molecule has 0 saturated carbocycles. The standard InChI is InChI=1S/C26H28N2O3S2/c1-4-7-19-9-11-20(12-10-19)24(29)22(17-27)26-28(14-6-15-31-5-2)25(30)23(33-26)16-21-13-8-18(3)32-21/h8-13,16H,4-7,14-15H2,1-3H3/b23-16-,26-22-. The summed E-state index contributed by atoms with van der Waals surface area (Å²) in [5, 5.41) is 9.93. The Hall–Kier alpha value is -2.79. The van der Waals surface area contributed by atoms with Crippen LogP contribution in [-0.2, 0) is 17.7 Å². The summed E-state index contributed by atoms with van der Waals surface area (Å²) in [5.41, 5.74) is 1.42. The van der Waals surface area contributed by atoms with E-state index >= 15 is 0 Å². The van der Waals surface area contributed by atoms with Crippen LogP contribution < -0.4 is 14.8 Å². The monoisotopic (exact) mass is 480 g/mol. The summed E-state index contributed by atoms with van der Waals surface area (Å²) < 4.78 is 7.89. The molecule has 0 saturated heterocycles. The van der Waals surface area contributed by atoms with Crippen LogP contribution in [0.15, 0.2) is 41.2 Å². The Morgan fingerprint density at radius 1 is 1.15 bits per heavy atom. The number of hydrogen-bond acceptors (Lipinski definition) is 6. The maximum atomic E-state index is 13.3. The van der Waals surface area contributed by atoms with Crippen molar-refractivity contribution >= 4 is 40.1 Å². The molecule has 0 radical (unpaired) electrons. The van der Waals surface area contributed by atoms with Gasteiger partial charge in [0.1, 0.15) is 16.3 Å². The van der Waals surface area contributed by atoms with Crippen LogP contribution >= 0.6 is 22.7 Å². The van der Waals surface area contributed by atoms with Gasteiger partial charge in [-0.1, -0.05) is 37.6 Å². The van der Waals surface area contributed by atoms with E-state index < -0.39 is 0 Å². The molecular formula is C26H28N2O3S2. The van der Waals surface area contributed by atoms with Gasteiger partial charge in [-0.2, -0.15) is 5.26 Å². The van der Waals surface area contributed by atoms with Gasteiger partial charge < -0.3 is 4.74 Å². The van der Waals surface area contributed by atoms with Crippen LogP contribution in [0, 0.1) is 18.3 Å². The molecule has 0 unspecified atom stereocenters. The van der Waals surface area contributed by atoms with E-state index in [4.69, 9.17) is 4.74 Å². The molecule has 2 aromatic heterocycles. The summed E-state index contributed by atoms with van der Waals surface area (Å²) >= 11 is 2.80. The largest absolute Gasteiger partial charge is 0.382 e. The van der Waals surface area contributed by atoms with Crippen LogP contribution in [0.1, 0.15) is 52.4 Å². The van der Waals surface area contributed by atoms with E-state index in [1.165, 1.54) is 11.3 Å². The summed E-state index contributed by atoms with van der Waals surface area (Å²) in [4.78, 5) is 28.6. The van der Waals surface area contributed by atoms with Gasteiger partial charge in [-0.3, -0.25) is 14.2 Å². The van der Waals surface area contributed by atoms with Gasteiger partial charge in [0.05, 0.1) is 4.53 Å². The van der Waals surface area contributed by atoms with E-state index in [1.54, 1.807) is 28.0 Å². The summed E-state index contributed by atoms with van der Waals surface area (Å²) in [6.45, 7) is 7.54. The van der Waals surface area contributed by atoms with Crippen LogP contribution in [0.2, 0.25) is 0 Å². The minimum Gasteiger partial charge on any atom is -0.382 e. The number of ether oxygens (including phenoxy) is 1. The van der Waals surface area contributed by atoms with Crippen molar-refractivity contribution in [2.24, 2.45) is 0 Å². The molecule has 0 amide bonds. The van der Waals surface area contributed by atoms with E-state index in [-0.39, 0.29) is 16.9 Å². The first-order valence-corrected chi connectivity index (χ1v) is 12.7. The molecule has 172 valence electrons. The lowest BCUT2D eigenvalue weighted by Crippen LogP contribution is -2.33. The third-order valence-corrected chi connectivity index (χ3v) is 7.20. The van der Waals surface area contributed by atoms with Gasteiger partial charge in [-0.05, 0) is 50.5 Å². The van der Waals surface area contributed by atoms with Crippen molar-refractivity contribution in [2.75, 3.05) is 13.2 Å². The average Bonchev–Trinajstić information content (AvgIpc) is 3.36. The molecule has 0 aliphatic heterocycles. The Bertz CT molecular complexity index is 1320. The van der Waals surface area contributed by atoms with Crippen molar-refractivity contribution in [3.63, 3.8) is 0 Å². The number of hydrogen-bond donors (Lipinski definition) is 0. The van der Waals surface area contributed by atoms with Crippen molar-refractivity contribution in [3.8, 4) is 6.07 Å². The third-order valence-electron chi connectivity index (χ3n) is 5.12. The molecule has 0 aliphatic carbocycles. The molecule has 3 rings (SSSR count). The lowest BCUT2D eigenvalue weighted by molar-refractivity contribution is 0.105. The minimum absolute atomic E-state index is 0.00115. The first kappa shape index (κ1) is 24.8. The minimum atomic E-state index is -0.362. The summed E-state index contributed by atoms with van der Waals surface area (Å²) in [7, 11) is 0. The first-order chi connectivity index (χ1) is 16.0. The molecule has 0 bridgehead atoms. The second-order valence-electron chi connectivity index (χ2n) is 7.63. The van der Waals surface area contributed by atoms with Gasteiger partial charge in [0.2, 0.25) is 5.78 Å². The van der Waals surface area contributed by atoms with E-state index in [9.17, 15) is 14.9 Å². The zero-order valence-corrected chi connectivity index (χ0v) is 20.9. The molecule has 0 spiro atoms. The lowest BCUT2D eigenvalue weighted by atomic mass is 10.0. The second kappa shape index (κ2) is 11.9. The van der Waals surface area contributed by atoms with Gasteiger partial charge in [0, 0.05) is 35.1 Å². The molecule has 33 heavy (non-hydrogen) atoms. The van der Waals surface area contributed by atoms with Gasteiger partial charge >= 0.3 is 0 Å². The average molecular weight is 481 g/mol. The van der Waals surface area contributed by atoms with Gasteiger partial charge in [-0.25, -0.2) is 0 Å². The topological polar surface area (TPSA) is 72.1 Å². The molecule has 0 atom stereocenters. The zero-order valence-electron chi connectivity index (χ0n) is 19.2. The van der Waals surface area contributed by atoms with E-state index in [0.29, 0.717) is 40.9 Å². The highest BCUT2D eigenvalue weighted by Crippen LogP contribution is 2.15. The van der Waals surface area contributed by atoms with Gasteiger partial charge in [-0.15, -0.1) is 22.7 Å². The van der Waals surface area contributed by atoms with Gasteiger partial charge in [0.15, 0.2) is 0 Å². The zero-order chi connectivity index (χ0) is 23.8. The smallest absolute Gasteiger partial charge is 0.269 e. The van der Waals surface area contributed by atoms with Gasteiger partial charge in [0.25, 0.3) is 5.56 Å².